The van der Waals surface area contributed by atoms with E-state index in [2.05, 4.69) is 4.98 Å². The summed E-state index contributed by atoms with van der Waals surface area (Å²) in [6, 6.07) is 0.368. The van der Waals surface area contributed by atoms with Gasteiger partial charge >= 0.3 is 0 Å². The molecule has 0 spiro atoms. The maximum Gasteiger partial charge on any atom is 0.248 e. The number of hydrogen-bond acceptors (Lipinski definition) is 4. The Bertz CT molecular complexity index is 377. The van der Waals surface area contributed by atoms with Crippen LogP contribution in [0, 0.1) is 0 Å². The SMILES string of the molecule is COCC(=O)N(CCn1ccnc1)C1CCSCC1. The molecule has 0 aliphatic carbocycles. The normalized spacial score (nSPS) is 16.5. The van der Waals surface area contributed by atoms with Crippen molar-refractivity contribution in [3.63, 3.8) is 0 Å². The standard InChI is InChI=1S/C13H21N3O2S/c1-18-10-13(17)16(12-2-8-19-9-3-12)7-6-15-5-4-14-11-15/h4-5,11-12H,2-3,6-10H2,1H3. The Labute approximate surface area is 118 Å². The molecule has 1 aromatic heterocycles. The summed E-state index contributed by atoms with van der Waals surface area (Å²) in [6.45, 7) is 1.69. The molecule has 1 amide bonds. The fraction of sp³-hybridized carbons (Fsp3) is 0.692. The summed E-state index contributed by atoms with van der Waals surface area (Å²) in [5, 5.41) is 0. The maximum absolute atomic E-state index is 12.2. The lowest BCUT2D eigenvalue weighted by Gasteiger charge is -2.34. The van der Waals surface area contributed by atoms with Crippen LogP contribution in [0.25, 0.3) is 0 Å². The molecule has 1 aliphatic rings. The highest BCUT2D eigenvalue weighted by Crippen LogP contribution is 2.22. The lowest BCUT2D eigenvalue weighted by Crippen LogP contribution is -2.45. The van der Waals surface area contributed by atoms with Gasteiger partial charge in [-0.2, -0.15) is 11.8 Å². The van der Waals surface area contributed by atoms with Gasteiger partial charge < -0.3 is 14.2 Å². The van der Waals surface area contributed by atoms with Crippen LogP contribution >= 0.6 is 11.8 Å². The summed E-state index contributed by atoms with van der Waals surface area (Å²) in [5.41, 5.74) is 0. The van der Waals surface area contributed by atoms with Crippen LogP contribution in [0.4, 0.5) is 0 Å². The van der Waals surface area contributed by atoms with Gasteiger partial charge in [-0.25, -0.2) is 4.98 Å². The van der Waals surface area contributed by atoms with Crippen molar-refractivity contribution in [2.75, 3.05) is 31.8 Å². The average molecular weight is 283 g/mol. The van der Waals surface area contributed by atoms with Crippen molar-refractivity contribution in [3.05, 3.63) is 18.7 Å². The van der Waals surface area contributed by atoms with Gasteiger partial charge in [0.2, 0.25) is 5.91 Å². The van der Waals surface area contributed by atoms with Crippen LogP contribution in [0.3, 0.4) is 0 Å². The third-order valence-electron chi connectivity index (χ3n) is 3.38. The number of hydrogen-bond donors (Lipinski definition) is 0. The van der Waals surface area contributed by atoms with Crippen LogP contribution in [-0.4, -0.2) is 58.2 Å². The smallest absolute Gasteiger partial charge is 0.248 e. The minimum Gasteiger partial charge on any atom is -0.375 e. The van der Waals surface area contributed by atoms with Crippen molar-refractivity contribution < 1.29 is 9.53 Å². The van der Waals surface area contributed by atoms with Gasteiger partial charge in [0, 0.05) is 38.6 Å². The third-order valence-corrected chi connectivity index (χ3v) is 4.43. The predicted molar refractivity (Wildman–Crippen MR) is 76.2 cm³/mol. The van der Waals surface area contributed by atoms with Crippen molar-refractivity contribution in [1.29, 1.82) is 0 Å². The number of carbonyl (C=O) groups excluding carboxylic acids is 1. The van der Waals surface area contributed by atoms with E-state index >= 15 is 0 Å². The molecule has 2 rings (SSSR count). The van der Waals surface area contributed by atoms with Gasteiger partial charge in [0.15, 0.2) is 0 Å². The van der Waals surface area contributed by atoms with Gasteiger partial charge in [-0.3, -0.25) is 4.79 Å². The predicted octanol–water partition coefficient (Wildman–Crippen LogP) is 1.25. The van der Waals surface area contributed by atoms with Crippen LogP contribution < -0.4 is 0 Å². The van der Waals surface area contributed by atoms with Crippen LogP contribution in [-0.2, 0) is 16.1 Å². The van der Waals surface area contributed by atoms with Gasteiger partial charge in [-0.15, -0.1) is 0 Å². The molecule has 0 radical (unpaired) electrons. The van der Waals surface area contributed by atoms with E-state index in [1.807, 2.05) is 27.4 Å². The zero-order valence-electron chi connectivity index (χ0n) is 11.3. The highest BCUT2D eigenvalue weighted by atomic mass is 32.2. The summed E-state index contributed by atoms with van der Waals surface area (Å²) in [5.74, 6) is 2.39. The molecule has 1 aromatic rings. The second kappa shape index (κ2) is 7.55. The van der Waals surface area contributed by atoms with Gasteiger partial charge in [-0.1, -0.05) is 0 Å². The summed E-state index contributed by atoms with van der Waals surface area (Å²) in [4.78, 5) is 18.2. The molecular weight excluding hydrogens is 262 g/mol. The largest absolute Gasteiger partial charge is 0.375 e. The van der Waals surface area contributed by atoms with E-state index in [1.165, 1.54) is 0 Å². The summed E-state index contributed by atoms with van der Waals surface area (Å²) >= 11 is 1.97. The lowest BCUT2D eigenvalue weighted by molar-refractivity contribution is -0.137. The van der Waals surface area contributed by atoms with Gasteiger partial charge in [0.05, 0.1) is 6.33 Å². The Balaban J connectivity index is 1.94. The van der Waals surface area contributed by atoms with E-state index in [0.29, 0.717) is 6.04 Å². The van der Waals surface area contributed by atoms with Crippen molar-refractivity contribution in [1.82, 2.24) is 14.5 Å². The van der Waals surface area contributed by atoms with Gasteiger partial charge in [0.25, 0.3) is 0 Å². The number of rotatable bonds is 6. The van der Waals surface area contributed by atoms with Crippen molar-refractivity contribution >= 4 is 17.7 Å². The molecule has 0 unspecified atom stereocenters. The Morgan fingerprint density at radius 3 is 2.95 bits per heavy atom. The Morgan fingerprint density at radius 1 is 1.53 bits per heavy atom. The highest BCUT2D eigenvalue weighted by Gasteiger charge is 2.25. The first-order valence-electron chi connectivity index (χ1n) is 6.63. The fourth-order valence-corrected chi connectivity index (χ4v) is 3.44. The summed E-state index contributed by atoms with van der Waals surface area (Å²) < 4.78 is 7.00. The van der Waals surface area contributed by atoms with Gasteiger partial charge in [-0.05, 0) is 24.3 Å². The second-order valence-electron chi connectivity index (χ2n) is 4.66. The van der Waals surface area contributed by atoms with E-state index < -0.39 is 0 Å². The molecular formula is C13H21N3O2S. The van der Waals surface area contributed by atoms with E-state index in [9.17, 15) is 4.79 Å². The maximum atomic E-state index is 12.2. The summed E-state index contributed by atoms with van der Waals surface area (Å²) in [7, 11) is 1.57. The van der Waals surface area contributed by atoms with Crippen LogP contribution in [0.2, 0.25) is 0 Å². The van der Waals surface area contributed by atoms with Crippen LogP contribution in [0.15, 0.2) is 18.7 Å². The van der Waals surface area contributed by atoms with E-state index in [1.54, 1.807) is 19.6 Å². The number of imidazole rings is 1. The molecule has 0 atom stereocenters. The highest BCUT2D eigenvalue weighted by molar-refractivity contribution is 7.99. The molecule has 1 saturated heterocycles. The Hall–Kier alpha value is -1.01. The average Bonchev–Trinajstić information content (AvgIpc) is 2.94. The number of thioether (sulfide) groups is 1. The zero-order valence-corrected chi connectivity index (χ0v) is 12.1. The van der Waals surface area contributed by atoms with Gasteiger partial charge in [0.1, 0.15) is 6.61 Å². The Kier molecular flexibility index (Phi) is 5.72. The molecule has 106 valence electrons. The van der Waals surface area contributed by atoms with Crippen LogP contribution in [0.5, 0.6) is 0 Å². The first kappa shape index (κ1) is 14.4. The number of carbonyl (C=O) groups is 1. The monoisotopic (exact) mass is 283 g/mol. The molecule has 6 heteroatoms. The fourth-order valence-electron chi connectivity index (χ4n) is 2.36. The summed E-state index contributed by atoms with van der Waals surface area (Å²) in [6.07, 6.45) is 7.65. The molecule has 1 fully saturated rings. The quantitative estimate of drug-likeness (QED) is 0.788. The molecule has 0 bridgehead atoms. The lowest BCUT2D eigenvalue weighted by atomic mass is 10.1. The molecule has 1 aliphatic heterocycles. The first-order chi connectivity index (χ1) is 9.31. The molecule has 0 saturated carbocycles. The molecule has 0 N–H and O–H groups in total. The topological polar surface area (TPSA) is 47.4 Å². The molecule has 2 heterocycles. The Morgan fingerprint density at radius 2 is 2.32 bits per heavy atom. The molecule has 19 heavy (non-hydrogen) atoms. The van der Waals surface area contributed by atoms with E-state index in [0.717, 1.165) is 37.4 Å². The first-order valence-corrected chi connectivity index (χ1v) is 7.78. The molecule has 0 aromatic carbocycles. The minimum absolute atomic E-state index is 0.0968. The number of amides is 1. The zero-order chi connectivity index (χ0) is 13.5. The van der Waals surface area contributed by atoms with E-state index in [4.69, 9.17) is 4.74 Å². The van der Waals surface area contributed by atoms with Crippen LogP contribution in [0.1, 0.15) is 12.8 Å². The minimum atomic E-state index is 0.0968. The number of methoxy groups -OCH3 is 1. The van der Waals surface area contributed by atoms with E-state index in [-0.39, 0.29) is 12.5 Å². The molecule has 5 nitrogen and oxygen atoms in total. The van der Waals surface area contributed by atoms with Crippen molar-refractivity contribution in [3.8, 4) is 0 Å². The number of ether oxygens (including phenoxy) is 1. The number of nitrogens with zero attached hydrogens (tertiary/aromatic N) is 3. The number of aromatic nitrogens is 2. The second-order valence-corrected chi connectivity index (χ2v) is 5.89. The van der Waals surface area contributed by atoms with Crippen molar-refractivity contribution in [2.45, 2.75) is 25.4 Å². The third kappa shape index (κ3) is 4.24. The van der Waals surface area contributed by atoms with Crippen molar-refractivity contribution in [2.24, 2.45) is 0 Å².